The fourth-order valence-electron chi connectivity index (χ4n) is 4.69. The van der Waals surface area contributed by atoms with Crippen LogP contribution in [0.25, 0.3) is 0 Å². The van der Waals surface area contributed by atoms with Crippen LogP contribution < -0.4 is 0 Å². The fourth-order valence-corrected chi connectivity index (χ4v) is 4.69. The van der Waals surface area contributed by atoms with Crippen molar-refractivity contribution < 1.29 is 37.7 Å². The number of β-amino-alcohol motifs (C(OH)–C–C–N with tert-alkyl or cyclic N) is 1. The van der Waals surface area contributed by atoms with Crippen LogP contribution in [-0.4, -0.2) is 89.6 Å². The number of aliphatic carboxylic acids is 1. The molecule has 184 valence electrons. The van der Waals surface area contributed by atoms with Crippen LogP contribution in [0.2, 0.25) is 0 Å². The molecule has 2 unspecified atom stereocenters. The Morgan fingerprint density at radius 2 is 1.76 bits per heavy atom. The van der Waals surface area contributed by atoms with Gasteiger partial charge in [0.1, 0.15) is 0 Å². The Morgan fingerprint density at radius 3 is 2.27 bits per heavy atom. The second-order valence-corrected chi connectivity index (χ2v) is 9.30. The summed E-state index contributed by atoms with van der Waals surface area (Å²) in [5.74, 6) is -2.60. The van der Waals surface area contributed by atoms with Gasteiger partial charge in [0.25, 0.3) is 5.91 Å². The third-order valence-corrected chi connectivity index (χ3v) is 6.65. The molecule has 0 aromatic heterocycles. The first kappa shape index (κ1) is 25.5. The number of carboxylic acids is 1. The summed E-state index contributed by atoms with van der Waals surface area (Å²) in [5.41, 5.74) is 2.21. The van der Waals surface area contributed by atoms with Gasteiger partial charge in [-0.05, 0) is 50.2 Å². The second-order valence-electron chi connectivity index (χ2n) is 9.30. The standard InChI is InChI=1S/C21H30N2O3.C2HF3O2/c1-16-2-4-17(5-3-16)20(25)23-10-7-21(8-11-23)12-19(26-15-21)14-22-9-6-18(24)13-22;3-2(4,5)1(6)7/h2-5,18-19,24H,6-15H2,1H3;(H,6,7). The minimum Gasteiger partial charge on any atom is -0.475 e. The van der Waals surface area contributed by atoms with Crippen molar-refractivity contribution in [2.24, 2.45) is 5.41 Å². The third kappa shape index (κ3) is 6.91. The number of likely N-dealkylation sites (tertiary alicyclic amines) is 2. The van der Waals surface area contributed by atoms with Crippen LogP contribution in [0.5, 0.6) is 0 Å². The average Bonchev–Trinajstić information content (AvgIpc) is 3.34. The molecule has 1 amide bonds. The van der Waals surface area contributed by atoms with E-state index in [4.69, 9.17) is 14.6 Å². The van der Waals surface area contributed by atoms with E-state index in [9.17, 15) is 23.1 Å². The minimum absolute atomic E-state index is 0.154. The summed E-state index contributed by atoms with van der Waals surface area (Å²) in [7, 11) is 0. The first-order valence-corrected chi connectivity index (χ1v) is 11.2. The number of ether oxygens (including phenoxy) is 1. The molecule has 0 saturated carbocycles. The highest BCUT2D eigenvalue weighted by Crippen LogP contribution is 2.42. The highest BCUT2D eigenvalue weighted by molar-refractivity contribution is 5.94. The molecule has 4 rings (SSSR count). The van der Waals surface area contributed by atoms with E-state index >= 15 is 0 Å². The quantitative estimate of drug-likeness (QED) is 0.703. The van der Waals surface area contributed by atoms with Gasteiger partial charge >= 0.3 is 12.1 Å². The molecule has 2 atom stereocenters. The molecule has 3 aliphatic heterocycles. The molecular formula is C23H31F3N2O5. The molecule has 10 heteroatoms. The molecule has 1 aromatic carbocycles. The normalized spacial score (nSPS) is 25.1. The number of amides is 1. The molecule has 3 fully saturated rings. The van der Waals surface area contributed by atoms with Crippen molar-refractivity contribution in [1.29, 1.82) is 0 Å². The SMILES string of the molecule is Cc1ccc(C(=O)N2CCC3(CC2)COC(CN2CCC(O)C2)C3)cc1.O=C(O)C(F)(F)F. The number of hydrogen-bond acceptors (Lipinski definition) is 5. The zero-order valence-electron chi connectivity index (χ0n) is 18.7. The number of aryl methyl sites for hydroxylation is 1. The summed E-state index contributed by atoms with van der Waals surface area (Å²) in [6, 6.07) is 7.87. The van der Waals surface area contributed by atoms with Gasteiger partial charge in [0.2, 0.25) is 0 Å². The summed E-state index contributed by atoms with van der Waals surface area (Å²) in [6.07, 6.45) is -0.936. The number of carboxylic acid groups (broad SMARTS) is 1. The Labute approximate surface area is 191 Å². The number of halogens is 3. The third-order valence-electron chi connectivity index (χ3n) is 6.65. The van der Waals surface area contributed by atoms with Crippen LogP contribution >= 0.6 is 0 Å². The molecule has 0 bridgehead atoms. The fraction of sp³-hybridized carbons (Fsp3) is 0.652. The van der Waals surface area contributed by atoms with Crippen LogP contribution in [0.4, 0.5) is 13.2 Å². The zero-order chi connectivity index (χ0) is 24.2. The van der Waals surface area contributed by atoms with Crippen molar-refractivity contribution >= 4 is 11.9 Å². The molecule has 3 heterocycles. The van der Waals surface area contributed by atoms with E-state index in [1.165, 1.54) is 5.56 Å². The van der Waals surface area contributed by atoms with E-state index in [1.807, 2.05) is 36.1 Å². The molecule has 0 aliphatic carbocycles. The van der Waals surface area contributed by atoms with E-state index in [1.54, 1.807) is 0 Å². The van der Waals surface area contributed by atoms with E-state index in [-0.39, 0.29) is 23.5 Å². The van der Waals surface area contributed by atoms with Crippen LogP contribution in [-0.2, 0) is 9.53 Å². The molecule has 33 heavy (non-hydrogen) atoms. The summed E-state index contributed by atoms with van der Waals surface area (Å²) >= 11 is 0. The lowest BCUT2D eigenvalue weighted by Gasteiger charge is -2.38. The van der Waals surface area contributed by atoms with E-state index in [0.29, 0.717) is 0 Å². The number of carbonyl (C=O) groups is 2. The summed E-state index contributed by atoms with van der Waals surface area (Å²) in [5, 5.41) is 16.8. The molecule has 1 aromatic rings. The predicted molar refractivity (Wildman–Crippen MR) is 114 cm³/mol. The molecule has 0 radical (unpaired) electrons. The lowest BCUT2D eigenvalue weighted by atomic mass is 9.76. The van der Waals surface area contributed by atoms with Gasteiger partial charge in [-0.25, -0.2) is 4.79 Å². The number of alkyl halides is 3. The predicted octanol–water partition coefficient (Wildman–Crippen LogP) is 2.71. The molecule has 7 nitrogen and oxygen atoms in total. The topological polar surface area (TPSA) is 90.3 Å². The van der Waals surface area contributed by atoms with Crippen molar-refractivity contribution in [3.05, 3.63) is 35.4 Å². The van der Waals surface area contributed by atoms with Crippen molar-refractivity contribution in [3.8, 4) is 0 Å². The Hall–Kier alpha value is -2.17. The van der Waals surface area contributed by atoms with Crippen LogP contribution in [0.3, 0.4) is 0 Å². The van der Waals surface area contributed by atoms with E-state index < -0.39 is 12.1 Å². The van der Waals surface area contributed by atoms with Gasteiger partial charge in [-0.15, -0.1) is 0 Å². The Balaban J connectivity index is 0.000000383. The molecule has 3 aliphatic rings. The van der Waals surface area contributed by atoms with Gasteiger partial charge in [-0.1, -0.05) is 17.7 Å². The molecule has 1 spiro atoms. The lowest BCUT2D eigenvalue weighted by molar-refractivity contribution is -0.192. The number of aliphatic hydroxyl groups excluding tert-OH is 1. The van der Waals surface area contributed by atoms with Crippen LogP contribution in [0.1, 0.15) is 41.6 Å². The number of nitrogens with zero attached hydrogens (tertiary/aromatic N) is 2. The van der Waals surface area contributed by atoms with Crippen molar-refractivity contribution in [2.45, 2.75) is 51.0 Å². The van der Waals surface area contributed by atoms with Crippen molar-refractivity contribution in [2.75, 3.05) is 39.3 Å². The average molecular weight is 473 g/mol. The van der Waals surface area contributed by atoms with Crippen molar-refractivity contribution in [1.82, 2.24) is 9.80 Å². The maximum atomic E-state index is 12.7. The Kier molecular flexibility index (Phi) is 8.02. The maximum Gasteiger partial charge on any atom is 0.490 e. The molecule has 3 saturated heterocycles. The monoisotopic (exact) mass is 472 g/mol. The van der Waals surface area contributed by atoms with Gasteiger partial charge in [-0.3, -0.25) is 9.69 Å². The number of rotatable bonds is 3. The smallest absolute Gasteiger partial charge is 0.475 e. The first-order valence-electron chi connectivity index (χ1n) is 11.2. The largest absolute Gasteiger partial charge is 0.490 e. The number of hydrogen-bond donors (Lipinski definition) is 2. The number of benzene rings is 1. The first-order chi connectivity index (χ1) is 15.5. The lowest BCUT2D eigenvalue weighted by Crippen LogP contribution is -2.43. The van der Waals surface area contributed by atoms with Gasteiger partial charge in [0, 0.05) is 38.3 Å². The maximum absolute atomic E-state index is 12.7. The Morgan fingerprint density at radius 1 is 1.15 bits per heavy atom. The van der Waals surface area contributed by atoms with Crippen LogP contribution in [0.15, 0.2) is 24.3 Å². The zero-order valence-corrected chi connectivity index (χ0v) is 18.7. The summed E-state index contributed by atoms with van der Waals surface area (Å²) in [6.45, 7) is 7.21. The van der Waals surface area contributed by atoms with E-state index in [2.05, 4.69) is 4.90 Å². The van der Waals surface area contributed by atoms with Crippen molar-refractivity contribution in [3.63, 3.8) is 0 Å². The van der Waals surface area contributed by atoms with Gasteiger partial charge in [-0.2, -0.15) is 13.2 Å². The summed E-state index contributed by atoms with van der Waals surface area (Å²) in [4.78, 5) is 25.9. The highest BCUT2D eigenvalue weighted by atomic mass is 19.4. The summed E-state index contributed by atoms with van der Waals surface area (Å²) < 4.78 is 37.8. The minimum atomic E-state index is -5.08. The van der Waals surface area contributed by atoms with Gasteiger partial charge < -0.3 is 19.8 Å². The van der Waals surface area contributed by atoms with Gasteiger partial charge in [0.05, 0.1) is 18.8 Å². The van der Waals surface area contributed by atoms with E-state index in [0.717, 1.165) is 70.6 Å². The number of piperidine rings is 1. The molecule has 2 N–H and O–H groups in total. The number of aliphatic hydroxyl groups is 1. The molecular weight excluding hydrogens is 441 g/mol. The number of carbonyl (C=O) groups excluding carboxylic acids is 1. The van der Waals surface area contributed by atoms with Gasteiger partial charge in [0.15, 0.2) is 0 Å². The highest BCUT2D eigenvalue weighted by Gasteiger charge is 2.43. The Bertz CT molecular complexity index is 822. The van der Waals surface area contributed by atoms with Crippen LogP contribution in [0, 0.1) is 12.3 Å². The second kappa shape index (κ2) is 10.4.